The van der Waals surface area contributed by atoms with Crippen LogP contribution in [-0.2, 0) is 13.1 Å². The van der Waals surface area contributed by atoms with Crippen molar-refractivity contribution in [2.45, 2.75) is 40.3 Å². The van der Waals surface area contributed by atoms with E-state index in [1.807, 2.05) is 49.7 Å². The number of carbonyl (C=O) groups excluding carboxylic acids is 1. The molecule has 0 aliphatic heterocycles. The summed E-state index contributed by atoms with van der Waals surface area (Å²) in [5.41, 5.74) is 4.63. The molecule has 1 amide bonds. The molecule has 0 bridgehead atoms. The summed E-state index contributed by atoms with van der Waals surface area (Å²) in [4.78, 5) is 12.3. The van der Waals surface area contributed by atoms with Gasteiger partial charge in [0, 0.05) is 24.8 Å². The van der Waals surface area contributed by atoms with Crippen LogP contribution in [0.5, 0.6) is 0 Å². The number of benzene rings is 1. The average Bonchev–Trinajstić information content (AvgIpc) is 3.12. The van der Waals surface area contributed by atoms with E-state index in [4.69, 9.17) is 11.6 Å². The maximum atomic E-state index is 12.3. The van der Waals surface area contributed by atoms with Crippen molar-refractivity contribution in [3.63, 3.8) is 0 Å². The first-order chi connectivity index (χ1) is 13.3. The molecule has 6 nitrogen and oxygen atoms in total. The molecule has 0 atom stereocenters. The molecule has 2 aromatic heterocycles. The van der Waals surface area contributed by atoms with E-state index >= 15 is 0 Å². The van der Waals surface area contributed by atoms with E-state index in [1.54, 1.807) is 10.9 Å². The number of halogens is 2. The highest BCUT2D eigenvalue weighted by molar-refractivity contribution is 9.10. The van der Waals surface area contributed by atoms with E-state index in [-0.39, 0.29) is 5.91 Å². The van der Waals surface area contributed by atoms with Crippen LogP contribution in [0, 0.1) is 20.8 Å². The number of hydrogen-bond donors (Lipinski definition) is 1. The summed E-state index contributed by atoms with van der Waals surface area (Å²) in [6.45, 7) is 7.85. The summed E-state index contributed by atoms with van der Waals surface area (Å²) < 4.78 is 4.80. The molecule has 8 heteroatoms. The number of aromatic nitrogens is 4. The van der Waals surface area contributed by atoms with Crippen molar-refractivity contribution in [1.29, 1.82) is 0 Å². The lowest BCUT2D eigenvalue weighted by molar-refractivity contribution is 0.0952. The van der Waals surface area contributed by atoms with Crippen LogP contribution in [0.25, 0.3) is 0 Å². The largest absolute Gasteiger partial charge is 0.352 e. The molecule has 0 aliphatic carbocycles. The maximum absolute atomic E-state index is 12.3. The van der Waals surface area contributed by atoms with Gasteiger partial charge in [-0.1, -0.05) is 23.7 Å². The molecule has 0 fully saturated rings. The maximum Gasteiger partial charge on any atom is 0.251 e. The molecule has 3 aromatic rings. The minimum absolute atomic E-state index is 0.0740. The van der Waals surface area contributed by atoms with Crippen molar-refractivity contribution in [2.75, 3.05) is 6.54 Å². The Morgan fingerprint density at radius 3 is 2.43 bits per heavy atom. The highest BCUT2D eigenvalue weighted by Gasteiger charge is 2.10. The van der Waals surface area contributed by atoms with Crippen molar-refractivity contribution in [1.82, 2.24) is 24.9 Å². The molecule has 0 spiro atoms. The Hall–Kier alpha value is -2.12. The van der Waals surface area contributed by atoms with Crippen molar-refractivity contribution in [2.24, 2.45) is 0 Å². The van der Waals surface area contributed by atoms with E-state index < -0.39 is 0 Å². The summed E-state index contributed by atoms with van der Waals surface area (Å²) >= 11 is 9.54. The first-order valence-corrected chi connectivity index (χ1v) is 10.3. The number of hydrogen-bond acceptors (Lipinski definition) is 3. The Bertz CT molecular complexity index is 958. The number of nitrogens with one attached hydrogen (secondary N) is 1. The van der Waals surface area contributed by atoms with Crippen molar-refractivity contribution >= 4 is 33.4 Å². The molecule has 1 N–H and O–H groups in total. The second-order valence-electron chi connectivity index (χ2n) is 6.77. The van der Waals surface area contributed by atoms with Gasteiger partial charge in [0.1, 0.15) is 0 Å². The number of nitrogens with zero attached hydrogens (tertiary/aromatic N) is 4. The molecule has 0 unspecified atom stereocenters. The predicted octanol–water partition coefficient (Wildman–Crippen LogP) is 4.29. The first kappa shape index (κ1) is 20.6. The minimum atomic E-state index is -0.0740. The van der Waals surface area contributed by atoms with Gasteiger partial charge in [0.15, 0.2) is 0 Å². The normalized spacial score (nSPS) is 11.0. The Morgan fingerprint density at radius 2 is 1.86 bits per heavy atom. The highest BCUT2D eigenvalue weighted by Crippen LogP contribution is 2.20. The topological polar surface area (TPSA) is 64.7 Å². The van der Waals surface area contributed by atoms with Crippen LogP contribution >= 0.6 is 27.5 Å². The molecule has 1 aromatic carbocycles. The standard InChI is InChI=1S/C20H23BrClN5O/c1-13-18(22)12-26(24-13)10-4-9-23-20(28)17-7-5-16(6-8-17)11-27-15(3)19(21)14(2)25-27/h5-8,12H,4,9-11H2,1-3H3,(H,23,28). The number of amides is 1. The predicted molar refractivity (Wildman–Crippen MR) is 114 cm³/mol. The zero-order valence-corrected chi connectivity index (χ0v) is 18.5. The third-order valence-corrected chi connectivity index (χ3v) is 6.10. The fourth-order valence-electron chi connectivity index (χ4n) is 2.92. The zero-order valence-electron chi connectivity index (χ0n) is 16.2. The quantitative estimate of drug-likeness (QED) is 0.531. The summed E-state index contributed by atoms with van der Waals surface area (Å²) in [5, 5.41) is 12.4. The Morgan fingerprint density at radius 1 is 1.14 bits per heavy atom. The van der Waals surface area contributed by atoms with Gasteiger partial charge < -0.3 is 5.32 Å². The lowest BCUT2D eigenvalue weighted by Crippen LogP contribution is -2.25. The minimum Gasteiger partial charge on any atom is -0.352 e. The van der Waals surface area contributed by atoms with Gasteiger partial charge in [-0.2, -0.15) is 10.2 Å². The average molecular weight is 465 g/mol. The monoisotopic (exact) mass is 463 g/mol. The Labute approximate surface area is 178 Å². The molecule has 3 rings (SSSR count). The highest BCUT2D eigenvalue weighted by atomic mass is 79.9. The van der Waals surface area contributed by atoms with Crippen LogP contribution in [0.2, 0.25) is 5.02 Å². The Balaban J connectivity index is 1.49. The second-order valence-corrected chi connectivity index (χ2v) is 7.97. The smallest absolute Gasteiger partial charge is 0.251 e. The molecule has 0 aliphatic rings. The van der Waals surface area contributed by atoms with Gasteiger partial charge in [0.2, 0.25) is 0 Å². The molecule has 0 radical (unpaired) electrons. The van der Waals surface area contributed by atoms with Crippen LogP contribution in [0.4, 0.5) is 0 Å². The van der Waals surface area contributed by atoms with Gasteiger partial charge in [-0.3, -0.25) is 14.2 Å². The first-order valence-electron chi connectivity index (χ1n) is 9.11. The van der Waals surface area contributed by atoms with Crippen LogP contribution in [0.1, 0.15) is 39.4 Å². The molecule has 148 valence electrons. The zero-order chi connectivity index (χ0) is 20.3. The van der Waals surface area contributed by atoms with Crippen molar-refractivity contribution in [3.05, 3.63) is 68.2 Å². The van der Waals surface area contributed by atoms with Crippen LogP contribution in [-0.4, -0.2) is 32.0 Å². The number of carbonyl (C=O) groups is 1. The van der Waals surface area contributed by atoms with E-state index in [0.29, 0.717) is 30.2 Å². The number of aryl methyl sites for hydroxylation is 3. The molecular weight excluding hydrogens is 442 g/mol. The lowest BCUT2D eigenvalue weighted by Gasteiger charge is -2.08. The molecule has 28 heavy (non-hydrogen) atoms. The van der Waals surface area contributed by atoms with Gasteiger partial charge in [0.05, 0.1) is 33.1 Å². The number of rotatable bonds is 7. The molecule has 0 saturated heterocycles. The van der Waals surface area contributed by atoms with Crippen LogP contribution in [0.3, 0.4) is 0 Å². The third-order valence-electron chi connectivity index (χ3n) is 4.58. The van der Waals surface area contributed by atoms with Crippen LogP contribution < -0.4 is 5.32 Å². The van der Waals surface area contributed by atoms with Gasteiger partial charge in [-0.25, -0.2) is 0 Å². The van der Waals surface area contributed by atoms with Gasteiger partial charge >= 0.3 is 0 Å². The fraction of sp³-hybridized carbons (Fsp3) is 0.350. The summed E-state index contributed by atoms with van der Waals surface area (Å²) in [5.74, 6) is -0.0740. The van der Waals surface area contributed by atoms with Gasteiger partial charge in [0.25, 0.3) is 5.91 Å². The second kappa shape index (κ2) is 8.92. The van der Waals surface area contributed by atoms with Crippen molar-refractivity contribution < 1.29 is 4.79 Å². The van der Waals surface area contributed by atoms with Crippen molar-refractivity contribution in [3.8, 4) is 0 Å². The summed E-state index contributed by atoms with van der Waals surface area (Å²) in [6, 6.07) is 7.63. The van der Waals surface area contributed by atoms with E-state index in [2.05, 4.69) is 31.4 Å². The van der Waals surface area contributed by atoms with Gasteiger partial charge in [-0.15, -0.1) is 0 Å². The fourth-order valence-corrected chi connectivity index (χ4v) is 3.35. The van der Waals surface area contributed by atoms with Gasteiger partial charge in [-0.05, 0) is 60.8 Å². The Kier molecular flexibility index (Phi) is 6.57. The lowest BCUT2D eigenvalue weighted by atomic mass is 10.1. The summed E-state index contributed by atoms with van der Waals surface area (Å²) in [6.07, 6.45) is 2.59. The van der Waals surface area contributed by atoms with E-state index in [9.17, 15) is 4.79 Å². The van der Waals surface area contributed by atoms with Crippen LogP contribution in [0.15, 0.2) is 34.9 Å². The summed E-state index contributed by atoms with van der Waals surface area (Å²) in [7, 11) is 0. The molecule has 2 heterocycles. The SMILES string of the molecule is Cc1nn(CCCNC(=O)c2ccc(Cn3nc(C)c(Br)c3C)cc2)cc1Cl. The molecule has 0 saturated carbocycles. The van der Waals surface area contributed by atoms with E-state index in [0.717, 1.165) is 33.5 Å². The third kappa shape index (κ3) is 4.83. The van der Waals surface area contributed by atoms with E-state index in [1.165, 1.54) is 0 Å². The molecular formula is C20H23BrClN5O.